The quantitative estimate of drug-likeness (QED) is 0.636. The summed E-state index contributed by atoms with van der Waals surface area (Å²) in [5, 5.41) is 6.13. The van der Waals surface area contributed by atoms with Gasteiger partial charge in [0.15, 0.2) is 5.65 Å². The van der Waals surface area contributed by atoms with E-state index in [0.717, 1.165) is 22.3 Å². The maximum Gasteiger partial charge on any atom is 0.254 e. The summed E-state index contributed by atoms with van der Waals surface area (Å²) in [4.78, 5) is 19.3. The van der Waals surface area contributed by atoms with Crippen LogP contribution >= 0.6 is 23.2 Å². The number of benzene rings is 1. The molecule has 0 fully saturated rings. The lowest BCUT2D eigenvalue weighted by atomic mass is 10.1. The monoisotopic (exact) mass is 390 g/mol. The summed E-state index contributed by atoms with van der Waals surface area (Å²) in [6.07, 6.45) is 1.71. The van der Waals surface area contributed by atoms with Crippen LogP contribution in [-0.4, -0.2) is 32.6 Å². The smallest absolute Gasteiger partial charge is 0.254 e. The van der Waals surface area contributed by atoms with Crippen molar-refractivity contribution in [2.24, 2.45) is 0 Å². The first-order chi connectivity index (χ1) is 12.3. The van der Waals surface area contributed by atoms with Gasteiger partial charge in [0.25, 0.3) is 5.91 Å². The summed E-state index contributed by atoms with van der Waals surface area (Å²) in [5.41, 5.74) is 3.02. The lowest BCUT2D eigenvalue weighted by Gasteiger charge is -2.18. The zero-order valence-corrected chi connectivity index (χ0v) is 16.6. The Balaban J connectivity index is 1.95. The fourth-order valence-corrected chi connectivity index (χ4v) is 3.21. The molecule has 0 aliphatic rings. The number of nitrogens with zero attached hydrogens (tertiary/aromatic N) is 4. The van der Waals surface area contributed by atoms with Crippen molar-refractivity contribution in [3.05, 3.63) is 57.3 Å². The molecular weight excluding hydrogens is 371 g/mol. The predicted molar refractivity (Wildman–Crippen MR) is 105 cm³/mol. The molecule has 3 rings (SSSR count). The molecule has 2 heterocycles. The first kappa shape index (κ1) is 18.7. The molecule has 0 aliphatic carbocycles. The molecule has 0 saturated heterocycles. The molecule has 0 saturated carbocycles. The van der Waals surface area contributed by atoms with Crippen LogP contribution in [0.15, 0.2) is 30.5 Å². The Kier molecular flexibility index (Phi) is 5.21. The van der Waals surface area contributed by atoms with Crippen molar-refractivity contribution in [1.82, 2.24) is 19.7 Å². The molecule has 0 radical (unpaired) electrons. The normalized spacial score (nSPS) is 11.3. The zero-order valence-electron chi connectivity index (χ0n) is 15.1. The van der Waals surface area contributed by atoms with E-state index in [1.165, 1.54) is 0 Å². The van der Waals surface area contributed by atoms with E-state index in [9.17, 15) is 4.79 Å². The molecule has 0 N–H and O–H groups in total. The minimum atomic E-state index is -0.0881. The molecule has 1 amide bonds. The number of hydrogen-bond donors (Lipinski definition) is 0. The Labute approximate surface area is 162 Å². The van der Waals surface area contributed by atoms with E-state index in [0.29, 0.717) is 22.2 Å². The van der Waals surface area contributed by atoms with Gasteiger partial charge in [-0.05, 0) is 44.5 Å². The van der Waals surface area contributed by atoms with Gasteiger partial charge >= 0.3 is 0 Å². The van der Waals surface area contributed by atoms with Gasteiger partial charge in [0.05, 0.1) is 27.2 Å². The number of carbonyl (C=O) groups is 1. The summed E-state index contributed by atoms with van der Waals surface area (Å²) in [6, 6.07) is 7.35. The number of aromatic nitrogens is 3. The number of rotatable bonds is 4. The van der Waals surface area contributed by atoms with Crippen LogP contribution in [0, 0.1) is 6.92 Å². The highest BCUT2D eigenvalue weighted by atomic mass is 35.5. The first-order valence-corrected chi connectivity index (χ1v) is 9.07. The van der Waals surface area contributed by atoms with Crippen LogP contribution in [-0.2, 0) is 6.54 Å². The van der Waals surface area contributed by atoms with Gasteiger partial charge in [0, 0.05) is 25.3 Å². The highest BCUT2D eigenvalue weighted by Gasteiger charge is 2.20. The molecule has 1 aromatic carbocycles. The zero-order chi connectivity index (χ0) is 19.0. The Morgan fingerprint density at radius 1 is 1.23 bits per heavy atom. The Morgan fingerprint density at radius 2 is 1.96 bits per heavy atom. The molecule has 3 aromatic rings. The van der Waals surface area contributed by atoms with Crippen molar-refractivity contribution in [2.75, 3.05) is 7.05 Å². The Bertz CT molecular complexity index is 981. The third-order valence-corrected chi connectivity index (χ3v) is 4.90. The molecular formula is C19H20Cl2N4O. The largest absolute Gasteiger partial charge is 0.337 e. The van der Waals surface area contributed by atoms with E-state index >= 15 is 0 Å². The number of hydrogen-bond acceptors (Lipinski definition) is 3. The van der Waals surface area contributed by atoms with E-state index in [1.807, 2.05) is 37.6 Å². The van der Waals surface area contributed by atoms with E-state index in [1.54, 1.807) is 30.3 Å². The van der Waals surface area contributed by atoms with Crippen molar-refractivity contribution in [2.45, 2.75) is 33.4 Å². The Hall–Kier alpha value is -2.11. The molecule has 7 heteroatoms. The van der Waals surface area contributed by atoms with E-state index in [-0.39, 0.29) is 11.9 Å². The van der Waals surface area contributed by atoms with Crippen LogP contribution in [0.5, 0.6) is 0 Å². The van der Waals surface area contributed by atoms with Crippen molar-refractivity contribution >= 4 is 40.1 Å². The van der Waals surface area contributed by atoms with Crippen LogP contribution < -0.4 is 0 Å². The van der Waals surface area contributed by atoms with Crippen LogP contribution in [0.4, 0.5) is 0 Å². The lowest BCUT2D eigenvalue weighted by Crippen LogP contribution is -2.26. The van der Waals surface area contributed by atoms with E-state index in [4.69, 9.17) is 23.2 Å². The summed E-state index contributed by atoms with van der Waals surface area (Å²) >= 11 is 12.0. The number of halogens is 2. The van der Waals surface area contributed by atoms with Gasteiger partial charge in [-0.25, -0.2) is 9.67 Å². The van der Waals surface area contributed by atoms with E-state index in [2.05, 4.69) is 10.1 Å². The van der Waals surface area contributed by atoms with Gasteiger partial charge in [-0.2, -0.15) is 5.10 Å². The summed E-state index contributed by atoms with van der Waals surface area (Å²) in [5.74, 6) is -0.0881. The highest BCUT2D eigenvalue weighted by molar-refractivity contribution is 6.42. The molecule has 0 aliphatic heterocycles. The van der Waals surface area contributed by atoms with Crippen molar-refractivity contribution < 1.29 is 4.79 Å². The van der Waals surface area contributed by atoms with Crippen molar-refractivity contribution in [3.63, 3.8) is 0 Å². The minimum absolute atomic E-state index is 0.0881. The van der Waals surface area contributed by atoms with E-state index < -0.39 is 0 Å². The van der Waals surface area contributed by atoms with Gasteiger partial charge in [-0.15, -0.1) is 0 Å². The molecule has 0 spiro atoms. The Morgan fingerprint density at radius 3 is 2.62 bits per heavy atom. The number of pyridine rings is 1. The molecule has 0 unspecified atom stereocenters. The first-order valence-electron chi connectivity index (χ1n) is 8.32. The highest BCUT2D eigenvalue weighted by Crippen LogP contribution is 2.25. The second-order valence-corrected chi connectivity index (χ2v) is 7.46. The average molecular weight is 391 g/mol. The number of amides is 1. The van der Waals surface area contributed by atoms with Gasteiger partial charge in [-0.3, -0.25) is 4.79 Å². The van der Waals surface area contributed by atoms with Crippen molar-refractivity contribution in [3.8, 4) is 0 Å². The molecule has 0 bridgehead atoms. The second-order valence-electron chi connectivity index (χ2n) is 6.64. The average Bonchev–Trinajstić information content (AvgIpc) is 3.00. The maximum atomic E-state index is 13.0. The summed E-state index contributed by atoms with van der Waals surface area (Å²) in [6.45, 7) is 6.38. The maximum absolute atomic E-state index is 13.0. The summed E-state index contributed by atoms with van der Waals surface area (Å²) in [7, 11) is 1.76. The SMILES string of the molecule is Cc1cc(C(=O)N(C)Cc2ccc(Cl)c(Cl)c2)c2cnn(C(C)C)c2n1. The summed E-state index contributed by atoms with van der Waals surface area (Å²) < 4.78 is 1.83. The van der Waals surface area contributed by atoms with Crippen LogP contribution in [0.25, 0.3) is 11.0 Å². The number of carbonyl (C=O) groups excluding carboxylic acids is 1. The molecule has 5 nitrogen and oxygen atoms in total. The second kappa shape index (κ2) is 7.25. The molecule has 2 aromatic heterocycles. The fraction of sp³-hybridized carbons (Fsp3) is 0.316. The fourth-order valence-electron chi connectivity index (χ4n) is 2.89. The minimum Gasteiger partial charge on any atom is -0.337 e. The van der Waals surface area contributed by atoms with Crippen molar-refractivity contribution in [1.29, 1.82) is 0 Å². The van der Waals surface area contributed by atoms with Gasteiger partial charge in [-0.1, -0.05) is 29.3 Å². The molecule has 136 valence electrons. The lowest BCUT2D eigenvalue weighted by molar-refractivity contribution is 0.0787. The van der Waals surface area contributed by atoms with Gasteiger partial charge in [0.1, 0.15) is 0 Å². The molecule has 0 atom stereocenters. The number of fused-ring (bicyclic) bond motifs is 1. The standard InChI is InChI=1S/C19H20Cl2N4O/c1-11(2)25-18-15(9-22-25)14(7-12(3)23-18)19(26)24(4)10-13-5-6-16(20)17(21)8-13/h5-9,11H,10H2,1-4H3. The third-order valence-electron chi connectivity index (χ3n) is 4.16. The van der Waals surface area contributed by atoms with Crippen LogP contribution in [0.2, 0.25) is 10.0 Å². The third kappa shape index (κ3) is 3.55. The molecule has 26 heavy (non-hydrogen) atoms. The number of aryl methyl sites for hydroxylation is 1. The van der Waals surface area contributed by atoms with Crippen LogP contribution in [0.1, 0.15) is 41.5 Å². The predicted octanol–water partition coefficient (Wildman–Crippen LogP) is 4.90. The van der Waals surface area contributed by atoms with Crippen LogP contribution in [0.3, 0.4) is 0 Å². The topological polar surface area (TPSA) is 51.0 Å². The van der Waals surface area contributed by atoms with Gasteiger partial charge < -0.3 is 4.90 Å². The van der Waals surface area contributed by atoms with Gasteiger partial charge in [0.2, 0.25) is 0 Å².